The second-order valence-electron chi connectivity index (χ2n) is 4.31. The zero-order valence-corrected chi connectivity index (χ0v) is 11.3. The first-order valence-corrected chi connectivity index (χ1v) is 6.50. The van der Waals surface area contributed by atoms with Gasteiger partial charge in [0.25, 0.3) is 0 Å². The molecule has 102 valence electrons. The monoisotopic (exact) mass is 285 g/mol. The van der Waals surface area contributed by atoms with Crippen LogP contribution in [0.2, 0.25) is 5.28 Å². The van der Waals surface area contributed by atoms with Crippen LogP contribution < -0.4 is 0 Å². The Hall–Kier alpha value is -1.49. The zero-order valence-electron chi connectivity index (χ0n) is 10.5. The summed E-state index contributed by atoms with van der Waals surface area (Å²) < 4.78 is 27.9. The van der Waals surface area contributed by atoms with E-state index in [9.17, 15) is 8.78 Å². The van der Waals surface area contributed by atoms with Gasteiger partial charge in [-0.25, -0.2) is 8.78 Å². The van der Waals surface area contributed by atoms with Crippen molar-refractivity contribution in [2.75, 3.05) is 0 Å². The maximum absolute atomic E-state index is 13.1. The molecule has 0 saturated carbocycles. The van der Waals surface area contributed by atoms with E-state index in [0.717, 1.165) is 24.7 Å². The van der Waals surface area contributed by atoms with Crippen molar-refractivity contribution in [1.29, 1.82) is 0 Å². The lowest BCUT2D eigenvalue weighted by Crippen LogP contribution is -2.07. The molecule has 0 spiro atoms. The van der Waals surface area contributed by atoms with Crippen molar-refractivity contribution in [3.05, 3.63) is 46.5 Å². The van der Waals surface area contributed by atoms with E-state index >= 15 is 0 Å². The normalized spacial score (nSPS) is 10.9. The Morgan fingerprint density at radius 1 is 1.11 bits per heavy atom. The van der Waals surface area contributed by atoms with Crippen LogP contribution >= 0.6 is 11.6 Å². The zero-order chi connectivity index (χ0) is 13.8. The molecule has 0 aliphatic rings. The molecule has 1 aromatic carbocycles. The Morgan fingerprint density at radius 3 is 2.42 bits per heavy atom. The first-order chi connectivity index (χ1) is 9.10. The minimum Gasteiger partial charge on any atom is -0.301 e. The molecule has 0 N–H and O–H groups in total. The number of hydrogen-bond donors (Lipinski definition) is 0. The van der Waals surface area contributed by atoms with Crippen LogP contribution in [-0.2, 0) is 19.4 Å². The summed E-state index contributed by atoms with van der Waals surface area (Å²) in [5.74, 6) is -0.346. The van der Waals surface area contributed by atoms with Crippen LogP contribution in [-0.4, -0.2) is 14.8 Å². The molecule has 1 aromatic heterocycles. The fraction of sp³-hybridized carbons (Fsp3) is 0.385. The fourth-order valence-corrected chi connectivity index (χ4v) is 2.16. The van der Waals surface area contributed by atoms with Crippen LogP contribution in [0.25, 0.3) is 0 Å². The third kappa shape index (κ3) is 3.50. The van der Waals surface area contributed by atoms with Crippen LogP contribution in [0.3, 0.4) is 0 Å². The van der Waals surface area contributed by atoms with Crippen LogP contribution in [0.15, 0.2) is 18.2 Å². The number of nitrogens with zero attached hydrogens (tertiary/aromatic N) is 3. The standard InChI is InChI=1S/C13H14ClF2N3/c1-2-3-12-17-18-13(14)19(12)5-4-9-6-10(15)8-11(16)7-9/h6-8H,2-5H2,1H3. The van der Waals surface area contributed by atoms with E-state index in [1.54, 1.807) is 4.57 Å². The molecule has 19 heavy (non-hydrogen) atoms. The average Bonchev–Trinajstić information content (AvgIpc) is 2.67. The molecule has 0 unspecified atom stereocenters. The molecule has 2 aromatic rings. The molecular formula is C13H14ClF2N3. The van der Waals surface area contributed by atoms with Crippen molar-refractivity contribution in [1.82, 2.24) is 14.8 Å². The summed E-state index contributed by atoms with van der Waals surface area (Å²) in [4.78, 5) is 0. The molecule has 0 amide bonds. The van der Waals surface area contributed by atoms with Gasteiger partial charge in [0.1, 0.15) is 17.5 Å². The molecule has 1 heterocycles. The number of benzene rings is 1. The summed E-state index contributed by atoms with van der Waals surface area (Å²) in [6, 6.07) is 3.50. The van der Waals surface area contributed by atoms with Gasteiger partial charge in [-0.05, 0) is 42.1 Å². The summed E-state index contributed by atoms with van der Waals surface area (Å²) in [6.07, 6.45) is 2.18. The van der Waals surface area contributed by atoms with Gasteiger partial charge in [-0.3, -0.25) is 0 Å². The first-order valence-electron chi connectivity index (χ1n) is 6.12. The highest BCUT2D eigenvalue weighted by Crippen LogP contribution is 2.14. The van der Waals surface area contributed by atoms with Gasteiger partial charge in [-0.1, -0.05) is 6.92 Å². The van der Waals surface area contributed by atoms with Crippen molar-refractivity contribution in [3.63, 3.8) is 0 Å². The maximum atomic E-state index is 13.1. The lowest BCUT2D eigenvalue weighted by atomic mass is 10.1. The molecule has 2 rings (SSSR count). The number of hydrogen-bond acceptors (Lipinski definition) is 2. The van der Waals surface area contributed by atoms with Crippen molar-refractivity contribution in [2.24, 2.45) is 0 Å². The molecule has 0 fully saturated rings. The van der Waals surface area contributed by atoms with Crippen LogP contribution in [0.5, 0.6) is 0 Å². The Kier molecular flexibility index (Phi) is 4.47. The lowest BCUT2D eigenvalue weighted by molar-refractivity contribution is 0.574. The van der Waals surface area contributed by atoms with Crippen LogP contribution in [0.1, 0.15) is 24.7 Å². The van der Waals surface area contributed by atoms with E-state index < -0.39 is 11.6 Å². The molecule has 0 bridgehead atoms. The molecule has 0 aliphatic carbocycles. The highest BCUT2D eigenvalue weighted by molar-refractivity contribution is 6.28. The van der Waals surface area contributed by atoms with Crippen LogP contribution in [0, 0.1) is 11.6 Å². The Bertz CT molecular complexity index is 549. The summed E-state index contributed by atoms with van der Waals surface area (Å²) in [5, 5.41) is 8.10. The van der Waals surface area contributed by atoms with Gasteiger partial charge in [-0.2, -0.15) is 0 Å². The number of aryl methyl sites for hydroxylation is 2. The summed E-state index contributed by atoms with van der Waals surface area (Å²) in [7, 11) is 0. The predicted molar refractivity (Wildman–Crippen MR) is 69.1 cm³/mol. The topological polar surface area (TPSA) is 30.7 Å². The summed E-state index contributed by atoms with van der Waals surface area (Å²) in [5.41, 5.74) is 0.588. The largest absolute Gasteiger partial charge is 0.301 e. The van der Waals surface area contributed by atoms with Gasteiger partial charge in [0.05, 0.1) is 0 Å². The highest BCUT2D eigenvalue weighted by atomic mass is 35.5. The molecule has 3 nitrogen and oxygen atoms in total. The molecular weight excluding hydrogens is 272 g/mol. The number of halogens is 3. The molecule has 0 radical (unpaired) electrons. The minimum atomic E-state index is -0.571. The minimum absolute atomic E-state index is 0.306. The van der Waals surface area contributed by atoms with E-state index in [0.29, 0.717) is 23.8 Å². The van der Waals surface area contributed by atoms with E-state index in [2.05, 4.69) is 10.2 Å². The molecule has 0 aliphatic heterocycles. The van der Waals surface area contributed by atoms with E-state index in [1.165, 1.54) is 12.1 Å². The quantitative estimate of drug-likeness (QED) is 0.843. The van der Waals surface area contributed by atoms with Crippen molar-refractivity contribution in [2.45, 2.75) is 32.7 Å². The van der Waals surface area contributed by atoms with Crippen molar-refractivity contribution in [3.8, 4) is 0 Å². The number of rotatable bonds is 5. The van der Waals surface area contributed by atoms with E-state index in [-0.39, 0.29) is 0 Å². The Morgan fingerprint density at radius 2 is 1.79 bits per heavy atom. The van der Waals surface area contributed by atoms with Crippen molar-refractivity contribution >= 4 is 11.6 Å². The van der Waals surface area contributed by atoms with Gasteiger partial charge in [0, 0.05) is 19.0 Å². The maximum Gasteiger partial charge on any atom is 0.225 e. The van der Waals surface area contributed by atoms with Gasteiger partial charge < -0.3 is 4.57 Å². The fourth-order valence-electron chi connectivity index (χ4n) is 1.94. The smallest absolute Gasteiger partial charge is 0.225 e. The van der Waals surface area contributed by atoms with Gasteiger partial charge in [-0.15, -0.1) is 10.2 Å². The SMILES string of the molecule is CCCc1nnc(Cl)n1CCc1cc(F)cc(F)c1. The van der Waals surface area contributed by atoms with Crippen molar-refractivity contribution < 1.29 is 8.78 Å². The summed E-state index contributed by atoms with van der Waals surface area (Å²) >= 11 is 5.95. The Labute approximate surface area is 115 Å². The Balaban J connectivity index is 2.11. The second-order valence-corrected chi connectivity index (χ2v) is 4.65. The highest BCUT2D eigenvalue weighted by Gasteiger charge is 2.10. The van der Waals surface area contributed by atoms with Gasteiger partial charge in [0.15, 0.2) is 0 Å². The first kappa shape index (κ1) is 13.9. The predicted octanol–water partition coefficient (Wildman–Crippen LogP) is 3.40. The second kappa shape index (κ2) is 6.10. The van der Waals surface area contributed by atoms with E-state index in [4.69, 9.17) is 11.6 Å². The molecule has 0 atom stereocenters. The third-order valence-corrected chi connectivity index (χ3v) is 3.08. The van der Waals surface area contributed by atoms with E-state index in [1.807, 2.05) is 6.92 Å². The average molecular weight is 286 g/mol. The van der Waals surface area contributed by atoms with Gasteiger partial charge >= 0.3 is 0 Å². The summed E-state index contributed by atoms with van der Waals surface area (Å²) in [6.45, 7) is 2.54. The van der Waals surface area contributed by atoms with Crippen LogP contribution in [0.4, 0.5) is 8.78 Å². The van der Waals surface area contributed by atoms with Gasteiger partial charge in [0.2, 0.25) is 5.28 Å². The number of aromatic nitrogens is 3. The third-order valence-electron chi connectivity index (χ3n) is 2.80. The molecule has 0 saturated heterocycles. The lowest BCUT2D eigenvalue weighted by Gasteiger charge is -2.07. The molecule has 6 heteroatoms.